The maximum atomic E-state index is 14.1. The van der Waals surface area contributed by atoms with Crippen molar-refractivity contribution in [2.45, 2.75) is 68.1 Å². The van der Waals surface area contributed by atoms with Crippen LogP contribution in [0.1, 0.15) is 56.1 Å². The topological polar surface area (TPSA) is 54.4 Å². The third-order valence-corrected chi connectivity index (χ3v) is 8.81. The van der Waals surface area contributed by atoms with Crippen molar-refractivity contribution in [3.05, 3.63) is 57.8 Å². The number of benzene rings is 1. The second-order valence-corrected chi connectivity index (χ2v) is 10.4. The third-order valence-electron chi connectivity index (χ3n) is 6.10. The zero-order valence-electron chi connectivity index (χ0n) is 16.7. The van der Waals surface area contributed by atoms with Crippen LogP contribution in [0.5, 0.6) is 0 Å². The number of hydrogen-bond acceptors (Lipinski definition) is 3. The van der Waals surface area contributed by atoms with Crippen LogP contribution in [0, 0.1) is 5.82 Å². The van der Waals surface area contributed by atoms with Crippen LogP contribution in [-0.2, 0) is 20.8 Å². The van der Waals surface area contributed by atoms with Crippen LogP contribution >= 0.6 is 0 Å². The first-order chi connectivity index (χ1) is 14.7. The molecule has 0 spiro atoms. The number of rotatable bonds is 3. The molecule has 2 aliphatic carbocycles. The minimum atomic E-state index is -4.98. The van der Waals surface area contributed by atoms with Crippen LogP contribution in [-0.4, -0.2) is 25.8 Å². The predicted molar refractivity (Wildman–Crippen MR) is 103 cm³/mol. The lowest BCUT2D eigenvalue weighted by molar-refractivity contribution is -0.138. The van der Waals surface area contributed by atoms with Gasteiger partial charge in [0, 0.05) is 10.5 Å². The van der Waals surface area contributed by atoms with Gasteiger partial charge < -0.3 is 5.11 Å². The lowest BCUT2D eigenvalue weighted by Gasteiger charge is -2.40. The molecular formula is C21H21F7O3S. The Balaban J connectivity index is 2.18. The highest BCUT2D eigenvalue weighted by atomic mass is 32.2. The molecule has 0 unspecified atom stereocenters. The first-order valence-electron chi connectivity index (χ1n) is 9.94. The van der Waals surface area contributed by atoms with Crippen LogP contribution < -0.4 is 0 Å². The summed E-state index contributed by atoms with van der Waals surface area (Å²) in [6.45, 7) is 0. The zero-order chi connectivity index (χ0) is 23.9. The van der Waals surface area contributed by atoms with E-state index in [2.05, 4.69) is 0 Å². The summed E-state index contributed by atoms with van der Waals surface area (Å²) >= 11 is 0. The number of aliphatic hydroxyl groups is 1. The van der Waals surface area contributed by atoms with E-state index in [0.717, 1.165) is 12.2 Å². The monoisotopic (exact) mass is 486 g/mol. The van der Waals surface area contributed by atoms with Gasteiger partial charge in [-0.05, 0) is 68.7 Å². The molecule has 32 heavy (non-hydrogen) atoms. The van der Waals surface area contributed by atoms with E-state index in [1.54, 1.807) is 0 Å². The van der Waals surface area contributed by atoms with Crippen molar-refractivity contribution in [1.29, 1.82) is 0 Å². The first kappa shape index (κ1) is 24.8. The highest BCUT2D eigenvalue weighted by Gasteiger charge is 2.52. The zero-order valence-corrected chi connectivity index (χ0v) is 17.5. The Hall–Kier alpha value is -1.88. The van der Waals surface area contributed by atoms with Crippen LogP contribution in [0.15, 0.2) is 40.8 Å². The summed E-state index contributed by atoms with van der Waals surface area (Å²) in [6.07, 6.45) is -11.2. The Labute approximate surface area is 180 Å². The maximum absolute atomic E-state index is 14.1. The smallest absolute Gasteiger partial charge is 0.393 e. The van der Waals surface area contributed by atoms with Crippen LogP contribution in [0.2, 0.25) is 0 Å². The van der Waals surface area contributed by atoms with E-state index in [1.807, 2.05) is 0 Å². The molecule has 0 atom stereocenters. The minimum absolute atomic E-state index is 0.146. The van der Waals surface area contributed by atoms with Gasteiger partial charge in [-0.25, -0.2) is 12.8 Å². The van der Waals surface area contributed by atoms with Crippen molar-refractivity contribution in [3.63, 3.8) is 0 Å². The Morgan fingerprint density at radius 2 is 1.59 bits per heavy atom. The molecule has 0 bridgehead atoms. The number of halogens is 7. The molecule has 1 aromatic carbocycles. The van der Waals surface area contributed by atoms with Gasteiger partial charge in [0.2, 0.25) is 0 Å². The third kappa shape index (κ3) is 4.59. The van der Waals surface area contributed by atoms with Gasteiger partial charge in [0.15, 0.2) is 9.84 Å². The second kappa shape index (κ2) is 8.48. The molecule has 1 saturated carbocycles. The molecule has 1 fully saturated rings. The highest BCUT2D eigenvalue weighted by Crippen LogP contribution is 2.51. The standard InChI is InChI=1S/C21H21F7O3S/c22-14-5-7-17(21(26,27)28)18(12-14)19(10-8-15(29)9-11-19)32(30,31)16-3-1-2-13(4-6-16)20(23,24)25/h2,5-7,12,15,29H,1,3-4,8-11H2. The number of hydrogen-bond donors (Lipinski definition) is 1. The molecule has 0 saturated heterocycles. The van der Waals surface area contributed by atoms with Gasteiger partial charge in [0.1, 0.15) is 10.6 Å². The van der Waals surface area contributed by atoms with E-state index in [0.29, 0.717) is 18.2 Å². The number of allylic oxidation sites excluding steroid dienone is 4. The fourth-order valence-corrected chi connectivity index (χ4v) is 6.84. The lowest BCUT2D eigenvalue weighted by atomic mass is 9.79. The van der Waals surface area contributed by atoms with Gasteiger partial charge in [-0.3, -0.25) is 0 Å². The number of sulfone groups is 1. The fraction of sp³-hybridized carbons (Fsp3) is 0.524. The molecule has 0 radical (unpaired) electrons. The van der Waals surface area contributed by atoms with E-state index in [1.165, 1.54) is 0 Å². The van der Waals surface area contributed by atoms with Crippen LogP contribution in [0.25, 0.3) is 0 Å². The Morgan fingerprint density at radius 3 is 2.16 bits per heavy atom. The Kier molecular flexibility index (Phi) is 6.56. The summed E-state index contributed by atoms with van der Waals surface area (Å²) in [4.78, 5) is -0.401. The molecular weight excluding hydrogens is 465 g/mol. The summed E-state index contributed by atoms with van der Waals surface area (Å²) in [7, 11) is -4.63. The summed E-state index contributed by atoms with van der Waals surface area (Å²) < 4.78 is 120. The Bertz CT molecular complexity index is 1030. The molecule has 2 aliphatic rings. The van der Waals surface area contributed by atoms with Gasteiger partial charge >= 0.3 is 12.4 Å². The molecule has 0 aromatic heterocycles. The summed E-state index contributed by atoms with van der Waals surface area (Å²) in [5, 5.41) is 9.88. The van der Waals surface area contributed by atoms with Gasteiger partial charge in [-0.2, -0.15) is 26.3 Å². The lowest BCUT2D eigenvalue weighted by Crippen LogP contribution is -2.43. The molecule has 3 rings (SSSR count). The van der Waals surface area contributed by atoms with Crippen molar-refractivity contribution in [1.82, 2.24) is 0 Å². The van der Waals surface area contributed by atoms with Crippen molar-refractivity contribution in [2.75, 3.05) is 0 Å². The van der Waals surface area contributed by atoms with Gasteiger partial charge in [0.05, 0.1) is 11.7 Å². The maximum Gasteiger partial charge on any atom is 0.416 e. The first-order valence-corrected chi connectivity index (χ1v) is 11.4. The average Bonchev–Trinajstić information content (AvgIpc) is 2.94. The molecule has 11 heteroatoms. The normalized spacial score (nSPS) is 25.7. The molecule has 1 N–H and O–H groups in total. The van der Waals surface area contributed by atoms with E-state index in [-0.39, 0.29) is 25.7 Å². The fourth-order valence-electron chi connectivity index (χ4n) is 4.42. The van der Waals surface area contributed by atoms with Gasteiger partial charge in [-0.1, -0.05) is 12.2 Å². The average molecular weight is 486 g/mol. The molecule has 0 heterocycles. The predicted octanol–water partition coefficient (Wildman–Crippen LogP) is 5.95. The van der Waals surface area contributed by atoms with Crippen LogP contribution in [0.3, 0.4) is 0 Å². The SMILES string of the molecule is O=S(=O)(C1=CCC(C(F)(F)F)=CCC1)C1(c2cc(F)ccc2C(F)(F)F)CCC(O)CC1. The summed E-state index contributed by atoms with van der Waals surface area (Å²) in [6, 6.07) is 1.58. The number of alkyl halides is 6. The molecule has 3 nitrogen and oxygen atoms in total. The van der Waals surface area contributed by atoms with Crippen molar-refractivity contribution >= 4 is 9.84 Å². The largest absolute Gasteiger partial charge is 0.416 e. The molecule has 1 aromatic rings. The Morgan fingerprint density at radius 1 is 0.969 bits per heavy atom. The molecule has 0 aliphatic heterocycles. The van der Waals surface area contributed by atoms with Crippen molar-refractivity contribution in [2.24, 2.45) is 0 Å². The van der Waals surface area contributed by atoms with Crippen molar-refractivity contribution in [3.8, 4) is 0 Å². The molecule has 0 amide bonds. The summed E-state index contributed by atoms with van der Waals surface area (Å²) in [5.74, 6) is -1.07. The van der Waals surface area contributed by atoms with Crippen molar-refractivity contribution < 1.29 is 44.3 Å². The van der Waals surface area contributed by atoms with Gasteiger partial charge in [-0.15, -0.1) is 0 Å². The highest BCUT2D eigenvalue weighted by molar-refractivity contribution is 7.96. The van der Waals surface area contributed by atoms with Gasteiger partial charge in [0.25, 0.3) is 0 Å². The second-order valence-electron chi connectivity index (χ2n) is 8.06. The quantitative estimate of drug-likeness (QED) is 0.425. The van der Waals surface area contributed by atoms with E-state index in [9.17, 15) is 44.3 Å². The molecule has 178 valence electrons. The van der Waals surface area contributed by atoms with E-state index >= 15 is 0 Å². The minimum Gasteiger partial charge on any atom is -0.393 e. The van der Waals surface area contributed by atoms with E-state index in [4.69, 9.17) is 0 Å². The number of aliphatic hydroxyl groups excluding tert-OH is 1. The summed E-state index contributed by atoms with van der Waals surface area (Å²) in [5.41, 5.74) is -3.02. The van der Waals surface area contributed by atoms with E-state index < -0.39 is 79.7 Å². The van der Waals surface area contributed by atoms with Crippen LogP contribution in [0.4, 0.5) is 30.7 Å².